The Morgan fingerprint density at radius 1 is 1.10 bits per heavy atom. The second kappa shape index (κ2) is 9.27. The van der Waals surface area contributed by atoms with Crippen molar-refractivity contribution in [3.8, 4) is 5.69 Å². The van der Waals surface area contributed by atoms with E-state index in [0.717, 1.165) is 23.2 Å². The number of carbonyl (C=O) groups excluding carboxylic acids is 1. The fourth-order valence-corrected chi connectivity index (χ4v) is 3.36. The summed E-state index contributed by atoms with van der Waals surface area (Å²) >= 11 is 6.20. The van der Waals surface area contributed by atoms with E-state index in [2.05, 4.69) is 9.97 Å². The van der Waals surface area contributed by atoms with E-state index in [9.17, 15) is 9.59 Å². The number of aryl methyl sites for hydroxylation is 1. The van der Waals surface area contributed by atoms with Gasteiger partial charge >= 0.3 is 0 Å². The highest BCUT2D eigenvalue weighted by Crippen LogP contribution is 2.22. The molecule has 0 aliphatic carbocycles. The molecule has 0 saturated carbocycles. The first-order valence-corrected chi connectivity index (χ1v) is 9.77. The van der Waals surface area contributed by atoms with Gasteiger partial charge in [-0.25, -0.2) is 4.98 Å². The van der Waals surface area contributed by atoms with E-state index >= 15 is 0 Å². The molecule has 0 aliphatic heterocycles. The number of amides is 1. The fraction of sp³-hybridized carbons (Fsp3) is 0.0909. The maximum Gasteiger partial charge on any atom is 0.264 e. The average Bonchev–Trinajstić information content (AvgIpc) is 2.74. The van der Waals surface area contributed by atoms with Crippen molar-refractivity contribution in [3.63, 3.8) is 0 Å². The van der Waals surface area contributed by atoms with E-state index in [1.54, 1.807) is 10.6 Å². The van der Waals surface area contributed by atoms with Gasteiger partial charge in [-0.15, -0.1) is 0 Å². The summed E-state index contributed by atoms with van der Waals surface area (Å²) in [4.78, 5) is 30.4. The van der Waals surface area contributed by atoms with Crippen LogP contribution in [0.15, 0.2) is 65.6 Å². The predicted molar refractivity (Wildman–Crippen MR) is 123 cm³/mol. The quantitative estimate of drug-likeness (QED) is 0.450. The summed E-state index contributed by atoms with van der Waals surface area (Å²) in [6.45, 7) is 2.05. The standard InChI is InChI=1S/C17H14ClNO.C5H7N5O/c1-2-13-11-12-7-6-10-15(18)16(12)17(20)19(13)14-8-4-3-5-9-14;6-3-2(4(7)11)1-9-5(8)10-3/h3-11H,2H2,1H3;1H,(H2,7,11)(H4,6,8,9,10). The lowest BCUT2D eigenvalue weighted by Crippen LogP contribution is -2.22. The number of halogens is 1. The third-order valence-corrected chi connectivity index (χ3v) is 4.87. The smallest absolute Gasteiger partial charge is 0.264 e. The van der Waals surface area contributed by atoms with Gasteiger partial charge in [-0.1, -0.05) is 48.9 Å². The molecule has 2 aromatic carbocycles. The van der Waals surface area contributed by atoms with Gasteiger partial charge in [-0.05, 0) is 36.1 Å². The number of nitrogen functional groups attached to an aromatic ring is 2. The number of anilines is 2. The lowest BCUT2D eigenvalue weighted by atomic mass is 10.1. The molecule has 0 fully saturated rings. The molecule has 31 heavy (non-hydrogen) atoms. The molecular formula is C22H21ClN6O2. The van der Waals surface area contributed by atoms with E-state index < -0.39 is 5.91 Å². The molecule has 4 rings (SSSR count). The zero-order valence-electron chi connectivity index (χ0n) is 16.7. The number of hydrogen-bond acceptors (Lipinski definition) is 6. The van der Waals surface area contributed by atoms with Gasteiger partial charge in [0, 0.05) is 17.6 Å². The van der Waals surface area contributed by atoms with Crippen molar-refractivity contribution in [1.82, 2.24) is 14.5 Å². The van der Waals surface area contributed by atoms with Crippen LogP contribution >= 0.6 is 11.6 Å². The van der Waals surface area contributed by atoms with Crippen molar-refractivity contribution in [2.24, 2.45) is 5.73 Å². The molecule has 158 valence electrons. The Bertz CT molecular complexity index is 1300. The highest BCUT2D eigenvalue weighted by Gasteiger charge is 2.12. The van der Waals surface area contributed by atoms with Crippen LogP contribution < -0.4 is 22.8 Å². The SMILES string of the molecule is CCc1cc2cccc(Cl)c2c(=O)n1-c1ccccc1.NC(=O)c1cnc(N)nc1N. The topological polar surface area (TPSA) is 143 Å². The van der Waals surface area contributed by atoms with Gasteiger partial charge in [0.15, 0.2) is 0 Å². The van der Waals surface area contributed by atoms with Crippen LogP contribution in [0.1, 0.15) is 23.0 Å². The summed E-state index contributed by atoms with van der Waals surface area (Å²) in [5.74, 6) is -0.639. The van der Waals surface area contributed by atoms with Gasteiger partial charge < -0.3 is 17.2 Å². The summed E-state index contributed by atoms with van der Waals surface area (Å²) < 4.78 is 1.74. The van der Waals surface area contributed by atoms with Crippen molar-refractivity contribution in [3.05, 3.63) is 87.4 Å². The Kier molecular flexibility index (Phi) is 6.52. The lowest BCUT2D eigenvalue weighted by Gasteiger charge is -2.14. The van der Waals surface area contributed by atoms with Gasteiger partial charge in [0.1, 0.15) is 5.82 Å². The monoisotopic (exact) mass is 436 g/mol. The van der Waals surface area contributed by atoms with E-state index in [1.165, 1.54) is 6.20 Å². The highest BCUT2D eigenvalue weighted by atomic mass is 35.5. The second-order valence-corrected chi connectivity index (χ2v) is 6.97. The molecule has 0 saturated heterocycles. The number of carbonyl (C=O) groups is 1. The van der Waals surface area contributed by atoms with E-state index in [4.69, 9.17) is 28.8 Å². The van der Waals surface area contributed by atoms with Crippen LogP contribution in [0.5, 0.6) is 0 Å². The van der Waals surface area contributed by atoms with Crippen molar-refractivity contribution in [2.75, 3.05) is 11.5 Å². The molecule has 2 heterocycles. The van der Waals surface area contributed by atoms with E-state index in [-0.39, 0.29) is 22.9 Å². The van der Waals surface area contributed by atoms with Crippen LogP contribution in [0, 0.1) is 0 Å². The summed E-state index contributed by atoms with van der Waals surface area (Å²) in [6.07, 6.45) is 1.98. The zero-order chi connectivity index (χ0) is 22.5. The summed E-state index contributed by atoms with van der Waals surface area (Å²) in [5, 5.41) is 1.97. The van der Waals surface area contributed by atoms with Crippen LogP contribution in [-0.4, -0.2) is 20.4 Å². The normalized spacial score (nSPS) is 10.4. The van der Waals surface area contributed by atoms with Gasteiger partial charge in [0.25, 0.3) is 11.5 Å². The maximum atomic E-state index is 12.8. The summed E-state index contributed by atoms with van der Waals surface area (Å²) in [5.41, 5.74) is 17.3. The molecule has 4 aromatic rings. The Labute approximate surface area is 183 Å². The largest absolute Gasteiger partial charge is 0.383 e. The predicted octanol–water partition coefficient (Wildman–Crippen LogP) is 2.95. The number of primary amides is 1. The first-order chi connectivity index (χ1) is 14.8. The molecule has 0 bridgehead atoms. The minimum Gasteiger partial charge on any atom is -0.383 e. The second-order valence-electron chi connectivity index (χ2n) is 6.56. The van der Waals surface area contributed by atoms with E-state index in [0.29, 0.717) is 10.4 Å². The van der Waals surface area contributed by atoms with Crippen molar-refractivity contribution in [1.29, 1.82) is 0 Å². The third-order valence-electron chi connectivity index (χ3n) is 4.55. The first kappa shape index (κ1) is 21.8. The number of fused-ring (bicyclic) bond motifs is 1. The van der Waals surface area contributed by atoms with E-state index in [1.807, 2.05) is 55.5 Å². The highest BCUT2D eigenvalue weighted by molar-refractivity contribution is 6.35. The van der Waals surface area contributed by atoms with Crippen LogP contribution in [-0.2, 0) is 6.42 Å². The molecular weight excluding hydrogens is 416 g/mol. The number of pyridine rings is 1. The zero-order valence-corrected chi connectivity index (χ0v) is 17.5. The Morgan fingerprint density at radius 3 is 2.42 bits per heavy atom. The van der Waals surface area contributed by atoms with Crippen LogP contribution in [0.3, 0.4) is 0 Å². The molecule has 2 aromatic heterocycles. The van der Waals surface area contributed by atoms with Crippen LogP contribution in [0.25, 0.3) is 16.5 Å². The molecule has 9 heteroatoms. The summed E-state index contributed by atoms with van der Waals surface area (Å²) in [7, 11) is 0. The number of para-hydroxylation sites is 1. The molecule has 0 radical (unpaired) electrons. The van der Waals surface area contributed by atoms with Gasteiger partial charge in [-0.2, -0.15) is 4.98 Å². The number of nitrogens with zero attached hydrogens (tertiary/aromatic N) is 3. The number of benzene rings is 2. The van der Waals surface area contributed by atoms with Crippen molar-refractivity contribution >= 4 is 40.0 Å². The number of hydrogen-bond donors (Lipinski definition) is 3. The van der Waals surface area contributed by atoms with Crippen LogP contribution in [0.4, 0.5) is 11.8 Å². The molecule has 6 N–H and O–H groups in total. The van der Waals surface area contributed by atoms with Crippen molar-refractivity contribution in [2.45, 2.75) is 13.3 Å². The fourth-order valence-electron chi connectivity index (χ4n) is 3.09. The number of rotatable bonds is 3. The third kappa shape index (κ3) is 4.65. The maximum absolute atomic E-state index is 12.8. The molecule has 1 amide bonds. The molecule has 8 nitrogen and oxygen atoms in total. The molecule has 0 unspecified atom stereocenters. The molecule has 0 spiro atoms. The Balaban J connectivity index is 0.000000210. The van der Waals surface area contributed by atoms with Gasteiger partial charge in [-0.3, -0.25) is 14.2 Å². The van der Waals surface area contributed by atoms with Gasteiger partial charge in [0.05, 0.1) is 16.0 Å². The van der Waals surface area contributed by atoms with Crippen molar-refractivity contribution < 1.29 is 4.79 Å². The first-order valence-electron chi connectivity index (χ1n) is 9.39. The minimum atomic E-state index is -0.664. The lowest BCUT2D eigenvalue weighted by molar-refractivity contribution is 0.100. The van der Waals surface area contributed by atoms with Crippen LogP contribution in [0.2, 0.25) is 5.02 Å². The Hall–Kier alpha value is -3.91. The molecule has 0 atom stereocenters. The molecule has 0 aliphatic rings. The minimum absolute atomic E-state index is 0.00463. The number of nitrogens with two attached hydrogens (primary N) is 3. The van der Waals surface area contributed by atoms with Gasteiger partial charge in [0.2, 0.25) is 5.95 Å². The average molecular weight is 437 g/mol. The Morgan fingerprint density at radius 2 is 1.81 bits per heavy atom. The summed E-state index contributed by atoms with van der Waals surface area (Å²) in [6, 6.07) is 17.3. The number of aromatic nitrogens is 3.